The van der Waals surface area contributed by atoms with Crippen molar-refractivity contribution in [3.05, 3.63) is 24.3 Å². The van der Waals surface area contributed by atoms with Crippen LogP contribution in [0.3, 0.4) is 0 Å². The van der Waals surface area contributed by atoms with Crippen molar-refractivity contribution in [2.75, 3.05) is 38.2 Å². The summed E-state index contributed by atoms with van der Waals surface area (Å²) < 4.78 is 5.44. The van der Waals surface area contributed by atoms with Gasteiger partial charge >= 0.3 is 0 Å². The number of anilines is 1. The lowest BCUT2D eigenvalue weighted by Gasteiger charge is -2.29. The van der Waals surface area contributed by atoms with Crippen molar-refractivity contribution in [3.8, 4) is 5.75 Å². The molecule has 0 saturated heterocycles. The van der Waals surface area contributed by atoms with Crippen molar-refractivity contribution in [1.82, 2.24) is 10.6 Å². The first-order chi connectivity index (χ1) is 10.8. The number of amides is 1. The van der Waals surface area contributed by atoms with E-state index in [4.69, 9.17) is 4.74 Å². The SMILES string of the molecule is CCCNC(=NC)NCCCN1C(=O)COc2ccccc21. The van der Waals surface area contributed by atoms with Crippen molar-refractivity contribution >= 4 is 17.6 Å². The topological polar surface area (TPSA) is 66.0 Å². The van der Waals surface area contributed by atoms with Crippen molar-refractivity contribution in [3.63, 3.8) is 0 Å². The minimum absolute atomic E-state index is 0.00666. The van der Waals surface area contributed by atoms with Crippen molar-refractivity contribution in [1.29, 1.82) is 0 Å². The molecule has 1 aliphatic rings. The summed E-state index contributed by atoms with van der Waals surface area (Å²) in [5.74, 6) is 1.58. The fourth-order valence-corrected chi connectivity index (χ4v) is 2.31. The maximum atomic E-state index is 12.0. The van der Waals surface area contributed by atoms with Crippen molar-refractivity contribution in [2.24, 2.45) is 4.99 Å². The van der Waals surface area contributed by atoms with Gasteiger partial charge in [-0.05, 0) is 25.0 Å². The summed E-state index contributed by atoms with van der Waals surface area (Å²) in [6, 6.07) is 7.64. The Morgan fingerprint density at radius 3 is 2.86 bits per heavy atom. The summed E-state index contributed by atoms with van der Waals surface area (Å²) in [4.78, 5) is 18.0. The summed E-state index contributed by atoms with van der Waals surface area (Å²) in [5, 5.41) is 6.47. The Labute approximate surface area is 131 Å². The van der Waals surface area contributed by atoms with Crippen LogP contribution in [-0.4, -0.2) is 45.2 Å². The molecule has 0 unspecified atom stereocenters. The lowest BCUT2D eigenvalue weighted by atomic mass is 10.2. The second kappa shape index (κ2) is 8.26. The zero-order valence-corrected chi connectivity index (χ0v) is 13.3. The normalized spacial score (nSPS) is 14.4. The highest BCUT2D eigenvalue weighted by atomic mass is 16.5. The van der Waals surface area contributed by atoms with Crippen LogP contribution in [-0.2, 0) is 4.79 Å². The van der Waals surface area contributed by atoms with E-state index in [-0.39, 0.29) is 12.5 Å². The van der Waals surface area contributed by atoms with Crippen molar-refractivity contribution in [2.45, 2.75) is 19.8 Å². The fraction of sp³-hybridized carbons (Fsp3) is 0.500. The number of nitrogens with one attached hydrogen (secondary N) is 2. The Morgan fingerprint density at radius 2 is 2.09 bits per heavy atom. The zero-order chi connectivity index (χ0) is 15.8. The molecule has 6 nitrogen and oxygen atoms in total. The van der Waals surface area contributed by atoms with E-state index in [1.807, 2.05) is 24.3 Å². The Balaban J connectivity index is 1.83. The monoisotopic (exact) mass is 304 g/mol. The first-order valence-electron chi connectivity index (χ1n) is 7.73. The largest absolute Gasteiger partial charge is 0.482 e. The molecule has 0 saturated carbocycles. The number of hydrogen-bond acceptors (Lipinski definition) is 3. The number of guanidine groups is 1. The van der Waals surface area contributed by atoms with E-state index in [2.05, 4.69) is 22.5 Å². The van der Waals surface area contributed by atoms with Crippen LogP contribution in [0.1, 0.15) is 19.8 Å². The highest BCUT2D eigenvalue weighted by molar-refractivity contribution is 5.97. The number of carbonyl (C=O) groups excluding carboxylic acids is 1. The van der Waals surface area contributed by atoms with Gasteiger partial charge in [0.1, 0.15) is 5.75 Å². The molecule has 0 spiro atoms. The molecule has 2 rings (SSSR count). The van der Waals surface area contributed by atoms with Crippen LogP contribution in [0.2, 0.25) is 0 Å². The van der Waals surface area contributed by atoms with Gasteiger partial charge in [-0.1, -0.05) is 19.1 Å². The molecule has 6 heteroatoms. The van der Waals surface area contributed by atoms with Crippen LogP contribution >= 0.6 is 0 Å². The van der Waals surface area contributed by atoms with E-state index in [0.717, 1.165) is 43.3 Å². The number of aliphatic imine (C=N–C) groups is 1. The van der Waals surface area contributed by atoms with Gasteiger partial charge in [0.15, 0.2) is 12.6 Å². The molecule has 1 aromatic rings. The quantitative estimate of drug-likeness (QED) is 0.473. The van der Waals surface area contributed by atoms with Crippen LogP contribution in [0, 0.1) is 0 Å². The predicted octanol–water partition coefficient (Wildman–Crippen LogP) is 1.38. The molecule has 1 amide bonds. The molecule has 2 N–H and O–H groups in total. The Kier molecular flexibility index (Phi) is 6.06. The molecule has 0 aromatic heterocycles. The average molecular weight is 304 g/mol. The van der Waals surface area contributed by atoms with E-state index >= 15 is 0 Å². The van der Waals surface area contributed by atoms with Gasteiger partial charge in [-0.2, -0.15) is 0 Å². The number of rotatable bonds is 6. The number of ether oxygens (including phenoxy) is 1. The summed E-state index contributed by atoms with van der Waals surface area (Å²) in [7, 11) is 1.76. The molecule has 1 aromatic carbocycles. The van der Waals surface area contributed by atoms with Gasteiger partial charge in [-0.25, -0.2) is 0 Å². The third kappa shape index (κ3) is 4.13. The summed E-state index contributed by atoms with van der Waals surface area (Å²) in [6.07, 6.45) is 1.90. The van der Waals surface area contributed by atoms with Gasteiger partial charge < -0.3 is 20.3 Å². The summed E-state index contributed by atoms with van der Waals surface area (Å²) in [5.41, 5.74) is 0.854. The third-order valence-electron chi connectivity index (χ3n) is 3.43. The molecule has 1 heterocycles. The predicted molar refractivity (Wildman–Crippen MR) is 88.6 cm³/mol. The molecular weight excluding hydrogens is 280 g/mol. The lowest BCUT2D eigenvalue weighted by Crippen LogP contribution is -2.42. The summed E-state index contributed by atoms with van der Waals surface area (Å²) >= 11 is 0. The number of para-hydroxylation sites is 2. The maximum absolute atomic E-state index is 12.0. The van der Waals surface area contributed by atoms with Gasteiger partial charge in [-0.3, -0.25) is 9.79 Å². The number of carbonyl (C=O) groups is 1. The number of nitrogens with zero attached hydrogens (tertiary/aromatic N) is 2. The molecule has 22 heavy (non-hydrogen) atoms. The number of fused-ring (bicyclic) bond motifs is 1. The Morgan fingerprint density at radius 1 is 1.32 bits per heavy atom. The number of hydrogen-bond donors (Lipinski definition) is 2. The highest BCUT2D eigenvalue weighted by Gasteiger charge is 2.24. The minimum atomic E-state index is 0.00666. The minimum Gasteiger partial charge on any atom is -0.482 e. The van der Waals surface area contributed by atoms with Crippen LogP contribution in [0.4, 0.5) is 5.69 Å². The van der Waals surface area contributed by atoms with Crippen LogP contribution in [0.25, 0.3) is 0 Å². The lowest BCUT2D eigenvalue weighted by molar-refractivity contribution is -0.121. The fourth-order valence-electron chi connectivity index (χ4n) is 2.31. The third-order valence-corrected chi connectivity index (χ3v) is 3.43. The molecular formula is C16H24N4O2. The van der Waals surface area contributed by atoms with Gasteiger partial charge in [-0.15, -0.1) is 0 Å². The first kappa shape index (κ1) is 16.1. The average Bonchev–Trinajstić information content (AvgIpc) is 2.56. The molecule has 0 aliphatic carbocycles. The van der Waals surface area contributed by atoms with Gasteiger partial charge in [0.2, 0.25) is 0 Å². The molecule has 0 fully saturated rings. The Bertz CT molecular complexity index is 531. The van der Waals surface area contributed by atoms with E-state index in [9.17, 15) is 4.79 Å². The van der Waals surface area contributed by atoms with Gasteiger partial charge in [0, 0.05) is 26.7 Å². The molecule has 120 valence electrons. The molecule has 1 aliphatic heterocycles. The van der Waals surface area contributed by atoms with Crippen LogP contribution in [0.15, 0.2) is 29.3 Å². The maximum Gasteiger partial charge on any atom is 0.265 e. The Hall–Kier alpha value is -2.24. The van der Waals surface area contributed by atoms with E-state index in [0.29, 0.717) is 6.54 Å². The smallest absolute Gasteiger partial charge is 0.265 e. The van der Waals surface area contributed by atoms with Gasteiger partial charge in [0.05, 0.1) is 5.69 Å². The summed E-state index contributed by atoms with van der Waals surface area (Å²) in [6.45, 7) is 4.55. The second-order valence-corrected chi connectivity index (χ2v) is 5.08. The van der Waals surface area contributed by atoms with E-state index < -0.39 is 0 Å². The molecule has 0 bridgehead atoms. The second-order valence-electron chi connectivity index (χ2n) is 5.08. The number of benzene rings is 1. The molecule has 0 atom stereocenters. The standard InChI is InChI=1S/C16H24N4O2/c1-3-9-18-16(17-2)19-10-6-11-20-13-7-4-5-8-14(13)22-12-15(20)21/h4-5,7-8H,3,6,9-12H2,1-2H3,(H2,17,18,19). The van der Waals surface area contributed by atoms with Gasteiger partial charge in [0.25, 0.3) is 5.91 Å². The first-order valence-corrected chi connectivity index (χ1v) is 7.73. The van der Waals surface area contributed by atoms with E-state index in [1.165, 1.54) is 0 Å². The highest BCUT2D eigenvalue weighted by Crippen LogP contribution is 2.31. The zero-order valence-electron chi connectivity index (χ0n) is 13.3. The molecule has 0 radical (unpaired) electrons. The van der Waals surface area contributed by atoms with Crippen LogP contribution in [0.5, 0.6) is 5.75 Å². The van der Waals surface area contributed by atoms with E-state index in [1.54, 1.807) is 11.9 Å². The van der Waals surface area contributed by atoms with Crippen molar-refractivity contribution < 1.29 is 9.53 Å². The van der Waals surface area contributed by atoms with Crippen LogP contribution < -0.4 is 20.3 Å².